The number of carbonyl (C=O) groups excluding carboxylic acids is 1. The molecule has 2 N–H and O–H groups in total. The van der Waals surface area contributed by atoms with Gasteiger partial charge in [0.1, 0.15) is 24.2 Å². The van der Waals surface area contributed by atoms with Crippen LogP contribution in [-0.4, -0.2) is 46.3 Å². The fraction of sp³-hybridized carbons (Fsp3) is 0.367. The topological polar surface area (TPSA) is 96.3 Å². The molecule has 38 heavy (non-hydrogen) atoms. The number of rotatable bonds is 16. The van der Waals surface area contributed by atoms with Gasteiger partial charge in [-0.15, -0.1) is 0 Å². The molecule has 0 heterocycles. The van der Waals surface area contributed by atoms with Gasteiger partial charge < -0.3 is 19.3 Å². The highest BCUT2D eigenvalue weighted by atomic mass is 31.2. The number of aliphatic hydroxyl groups excluding tert-OH is 1. The van der Waals surface area contributed by atoms with Crippen molar-refractivity contribution in [1.29, 1.82) is 0 Å². The Morgan fingerprint density at radius 2 is 1.79 bits per heavy atom. The van der Waals surface area contributed by atoms with Crippen molar-refractivity contribution in [3.8, 4) is 5.75 Å². The van der Waals surface area contributed by atoms with Gasteiger partial charge in [-0.2, -0.15) is 4.67 Å². The summed E-state index contributed by atoms with van der Waals surface area (Å²) in [6.45, 7) is 11.2. The third-order valence-electron chi connectivity index (χ3n) is 5.24. The van der Waals surface area contributed by atoms with Gasteiger partial charge in [0.05, 0.1) is 5.56 Å². The van der Waals surface area contributed by atoms with Crippen molar-refractivity contribution in [2.45, 2.75) is 53.1 Å². The number of aliphatic hydroxyl groups is 1. The van der Waals surface area contributed by atoms with E-state index < -0.39 is 13.9 Å². The molecule has 0 radical (unpaired) electrons. The summed E-state index contributed by atoms with van der Waals surface area (Å²) >= 11 is 0. The number of hydrogen-bond acceptors (Lipinski definition) is 5. The fourth-order valence-electron chi connectivity index (χ4n) is 3.44. The number of ketones is 1. The van der Waals surface area contributed by atoms with Crippen LogP contribution in [0, 0.1) is 0 Å². The molecule has 0 amide bonds. The lowest BCUT2D eigenvalue weighted by Crippen LogP contribution is -2.34. The molecule has 2 atom stereocenters. The van der Waals surface area contributed by atoms with Crippen LogP contribution in [0.25, 0.3) is 0 Å². The highest BCUT2D eigenvalue weighted by Gasteiger charge is 2.32. The van der Waals surface area contributed by atoms with Crippen LogP contribution in [0.5, 0.6) is 5.75 Å². The van der Waals surface area contributed by atoms with E-state index in [1.54, 1.807) is 36.4 Å². The zero-order valence-corrected chi connectivity index (χ0v) is 23.8. The third-order valence-corrected chi connectivity index (χ3v) is 6.77. The van der Waals surface area contributed by atoms with Crippen molar-refractivity contribution >= 4 is 13.5 Å². The lowest BCUT2D eigenvalue weighted by Gasteiger charge is -2.28. The van der Waals surface area contributed by atoms with Crippen LogP contribution in [0.2, 0.25) is 0 Å². The first-order chi connectivity index (χ1) is 18.3. The summed E-state index contributed by atoms with van der Waals surface area (Å²) < 4.78 is 25.2. The Bertz CT molecular complexity index is 1080. The van der Waals surface area contributed by atoms with E-state index in [9.17, 15) is 19.4 Å². The number of benzene rings is 2. The average Bonchev–Trinajstić information content (AvgIpc) is 2.94. The van der Waals surface area contributed by atoms with Gasteiger partial charge in [-0.05, 0) is 49.6 Å². The number of carbonyl (C=O) groups is 1. The molecule has 2 unspecified atom stereocenters. The Hall–Kier alpha value is -2.96. The van der Waals surface area contributed by atoms with Crippen molar-refractivity contribution in [2.75, 3.05) is 19.7 Å². The van der Waals surface area contributed by atoms with E-state index in [1.165, 1.54) is 16.8 Å². The number of Topliss-reactive ketones (excluding diaryl/α,β-unsaturated/α-hetero) is 1. The summed E-state index contributed by atoms with van der Waals surface area (Å²) in [6.07, 6.45) is 6.72. The molecule has 208 valence electrons. The smallest absolute Gasteiger partial charge is 0.458 e. The molecule has 0 fully saturated rings. The molecule has 0 saturated carbocycles. The molecular weight excluding hydrogens is 501 g/mol. The second kappa shape index (κ2) is 18.3. The molecular formula is C30H42NO6P. The second-order valence-corrected chi connectivity index (χ2v) is 9.89. The molecule has 7 nitrogen and oxygen atoms in total. The van der Waals surface area contributed by atoms with Gasteiger partial charge in [0.25, 0.3) is 0 Å². The summed E-state index contributed by atoms with van der Waals surface area (Å²) in [4.78, 5) is 23.4. The number of nitrogens with zero attached hydrogens (tertiary/aromatic N) is 1. The normalized spacial score (nSPS) is 13.8. The summed E-state index contributed by atoms with van der Waals surface area (Å²) in [5.41, 5.74) is 1.51. The van der Waals surface area contributed by atoms with Gasteiger partial charge in [-0.3, -0.25) is 4.79 Å². The first kappa shape index (κ1) is 33.1. The molecule has 0 aliphatic carbocycles. The maximum absolute atomic E-state index is 12.9. The van der Waals surface area contributed by atoms with Crippen LogP contribution in [-0.2, 0) is 15.5 Å². The van der Waals surface area contributed by atoms with Gasteiger partial charge >= 0.3 is 7.75 Å². The fourth-order valence-corrected chi connectivity index (χ4v) is 4.82. The minimum Gasteiger partial charge on any atom is -0.490 e. The van der Waals surface area contributed by atoms with E-state index >= 15 is 0 Å². The maximum atomic E-state index is 12.9. The average molecular weight is 544 g/mol. The van der Waals surface area contributed by atoms with E-state index in [0.717, 1.165) is 5.56 Å². The van der Waals surface area contributed by atoms with E-state index in [-0.39, 0.29) is 31.2 Å². The van der Waals surface area contributed by atoms with Crippen molar-refractivity contribution in [3.63, 3.8) is 0 Å². The standard InChI is InChI=1S/C28H36NO6P.C2H6/c1-4-7-15-25(6-3)35-36(32,33)29(20-5-2)21-24(30)22-34-28-17-12-11-16-26(28)27(31)19-18-23-13-9-8-10-14-23;1-2/h4,6-17,24,30H,3,5,18-22H2,1-2H3,(H,32,33);1-2H3/b7-4-,25-15+;. The number of aryl methyl sites for hydroxylation is 1. The largest absolute Gasteiger partial charge is 0.490 e. The number of hydrogen-bond donors (Lipinski definition) is 2. The SMILES string of the molecule is C=C/C(=C\C=C/C)OP(=O)(O)N(CCC)CC(O)COc1ccccc1C(=O)CCc1ccccc1.CC. The van der Waals surface area contributed by atoms with Crippen molar-refractivity contribution in [1.82, 2.24) is 4.67 Å². The zero-order chi connectivity index (χ0) is 28.4. The molecule has 8 heteroatoms. The molecule has 0 aliphatic rings. The molecule has 2 aromatic rings. The molecule has 0 aromatic heterocycles. The van der Waals surface area contributed by atoms with E-state index in [1.807, 2.05) is 58.0 Å². The number of allylic oxidation sites excluding steroid dienone is 4. The van der Waals surface area contributed by atoms with Crippen LogP contribution >= 0.6 is 7.75 Å². The number of ether oxygens (including phenoxy) is 1. The lowest BCUT2D eigenvalue weighted by molar-refractivity contribution is 0.0797. The van der Waals surface area contributed by atoms with E-state index in [2.05, 4.69) is 6.58 Å². The molecule has 0 bridgehead atoms. The van der Waals surface area contributed by atoms with Gasteiger partial charge in [-0.25, -0.2) is 4.57 Å². The molecule has 0 aliphatic heterocycles. The highest BCUT2D eigenvalue weighted by Crippen LogP contribution is 2.48. The van der Waals surface area contributed by atoms with Crippen molar-refractivity contribution in [3.05, 3.63) is 102 Å². The summed E-state index contributed by atoms with van der Waals surface area (Å²) in [5.74, 6) is 0.451. The minimum absolute atomic E-state index is 0.0605. The highest BCUT2D eigenvalue weighted by molar-refractivity contribution is 7.50. The summed E-state index contributed by atoms with van der Waals surface area (Å²) in [5, 5.41) is 10.6. The van der Waals surface area contributed by atoms with Gasteiger partial charge in [0.2, 0.25) is 0 Å². The summed E-state index contributed by atoms with van der Waals surface area (Å²) in [6, 6.07) is 16.7. The minimum atomic E-state index is -4.25. The lowest BCUT2D eigenvalue weighted by atomic mass is 10.0. The Morgan fingerprint density at radius 3 is 2.42 bits per heavy atom. The first-order valence-electron chi connectivity index (χ1n) is 13.0. The molecule has 0 spiro atoms. The number of para-hydroxylation sites is 1. The molecule has 2 aromatic carbocycles. The Labute approximate surface area is 227 Å². The van der Waals surface area contributed by atoms with Gasteiger partial charge in [0, 0.05) is 19.5 Å². The monoisotopic (exact) mass is 543 g/mol. The predicted octanol–water partition coefficient (Wildman–Crippen LogP) is 6.74. The maximum Gasteiger partial charge on any atom is 0.458 e. The van der Waals surface area contributed by atoms with Crippen LogP contribution in [0.1, 0.15) is 56.5 Å². The molecule has 2 rings (SSSR count). The van der Waals surface area contributed by atoms with Gasteiger partial charge in [-0.1, -0.05) is 82.0 Å². The molecule has 0 saturated heterocycles. The van der Waals surface area contributed by atoms with Crippen LogP contribution in [0.3, 0.4) is 0 Å². The second-order valence-electron chi connectivity index (χ2n) is 8.16. The van der Waals surface area contributed by atoms with E-state index in [4.69, 9.17) is 9.26 Å². The Balaban J connectivity index is 0.00000352. The van der Waals surface area contributed by atoms with Crippen molar-refractivity contribution < 1.29 is 28.6 Å². The first-order valence-corrected chi connectivity index (χ1v) is 14.5. The van der Waals surface area contributed by atoms with Gasteiger partial charge in [0.15, 0.2) is 5.78 Å². The summed E-state index contributed by atoms with van der Waals surface area (Å²) in [7, 11) is -4.25. The van der Waals surface area contributed by atoms with Crippen LogP contribution in [0.4, 0.5) is 0 Å². The van der Waals surface area contributed by atoms with Crippen LogP contribution < -0.4 is 4.74 Å². The Morgan fingerprint density at radius 1 is 1.13 bits per heavy atom. The zero-order valence-electron chi connectivity index (χ0n) is 23.0. The Kier molecular flexibility index (Phi) is 15.9. The predicted molar refractivity (Wildman–Crippen MR) is 154 cm³/mol. The van der Waals surface area contributed by atoms with E-state index in [0.29, 0.717) is 30.6 Å². The van der Waals surface area contributed by atoms with Crippen LogP contribution in [0.15, 0.2) is 91.2 Å². The quantitative estimate of drug-likeness (QED) is 0.105. The third kappa shape index (κ3) is 11.6. The van der Waals surface area contributed by atoms with Crippen molar-refractivity contribution in [2.24, 2.45) is 0 Å².